The molecule has 2 N–H and O–H groups in total. The number of hydrogen-bond donors (Lipinski definition) is 2. The van der Waals surface area contributed by atoms with Crippen molar-refractivity contribution in [3.8, 4) is 11.6 Å². The van der Waals surface area contributed by atoms with E-state index >= 15 is 0 Å². The van der Waals surface area contributed by atoms with E-state index in [-0.39, 0.29) is 17.7 Å². The molecule has 146 valence electrons. The molecule has 0 fully saturated rings. The van der Waals surface area contributed by atoms with Gasteiger partial charge in [-0.25, -0.2) is 15.9 Å². The van der Waals surface area contributed by atoms with Crippen molar-refractivity contribution < 1.29 is 28.7 Å². The van der Waals surface area contributed by atoms with Gasteiger partial charge >= 0.3 is 0 Å². The second-order valence-electron chi connectivity index (χ2n) is 5.46. The van der Waals surface area contributed by atoms with E-state index in [1.165, 1.54) is 20.4 Å². The molecule has 1 heterocycles. The fourth-order valence-electron chi connectivity index (χ4n) is 2.16. The van der Waals surface area contributed by atoms with Crippen LogP contribution in [-0.4, -0.2) is 43.2 Å². The summed E-state index contributed by atoms with van der Waals surface area (Å²) >= 11 is 0. The van der Waals surface area contributed by atoms with Crippen molar-refractivity contribution in [1.29, 1.82) is 0 Å². The monoisotopic (exact) mass is 369 g/mol. The second-order valence-corrected chi connectivity index (χ2v) is 5.46. The van der Waals surface area contributed by atoms with Gasteiger partial charge in [-0.15, -0.1) is 0 Å². The zero-order valence-electron chi connectivity index (χ0n) is 15.6. The highest BCUT2D eigenvalue weighted by molar-refractivity contribution is 5.80. The third-order valence-corrected chi connectivity index (χ3v) is 3.34. The molecule has 1 aromatic rings. The van der Waals surface area contributed by atoms with E-state index in [1.807, 2.05) is 13.8 Å². The number of carbonyl (C=O) groups excluding carboxylic acids is 2. The number of hydrogen-bond acceptors (Lipinski definition) is 7. The molecule has 0 aliphatic heterocycles. The molecule has 2 atom stereocenters. The van der Waals surface area contributed by atoms with Gasteiger partial charge in [-0.2, -0.15) is 0 Å². The molecule has 9 heteroatoms. The van der Waals surface area contributed by atoms with Gasteiger partial charge in [-0.3, -0.25) is 19.3 Å². The minimum Gasteiger partial charge on any atom is -0.479 e. The predicted molar refractivity (Wildman–Crippen MR) is 93.2 cm³/mol. The highest BCUT2D eigenvalue weighted by Gasteiger charge is 2.21. The van der Waals surface area contributed by atoms with Crippen molar-refractivity contribution >= 4 is 11.8 Å². The standard InChI is InChI=1S/C17H27N3O6/c1-5-7-13(16(21)19-23-3)25-12-9-10-15(18-11-12)26-14(8-6-2)17(22)20-24-4/h9-11,13-14H,5-8H2,1-4H3,(H,19,21)(H,20,22). The SMILES string of the molecule is CCCC(Oc1ccc(OC(CCC)C(=O)NOC)nc1)C(=O)NOC. The summed E-state index contributed by atoms with van der Waals surface area (Å²) in [5, 5.41) is 0. The number of nitrogens with one attached hydrogen (secondary N) is 2. The van der Waals surface area contributed by atoms with Crippen molar-refractivity contribution in [1.82, 2.24) is 15.9 Å². The number of pyridine rings is 1. The van der Waals surface area contributed by atoms with Gasteiger partial charge in [0, 0.05) is 6.07 Å². The summed E-state index contributed by atoms with van der Waals surface area (Å²) in [5.74, 6) is -0.0597. The van der Waals surface area contributed by atoms with Crippen molar-refractivity contribution in [2.45, 2.75) is 51.7 Å². The van der Waals surface area contributed by atoms with E-state index in [9.17, 15) is 9.59 Å². The quantitative estimate of drug-likeness (QED) is 0.538. The second kappa shape index (κ2) is 12.0. The molecule has 9 nitrogen and oxygen atoms in total. The van der Waals surface area contributed by atoms with Crippen molar-refractivity contribution in [3.63, 3.8) is 0 Å². The van der Waals surface area contributed by atoms with Gasteiger partial charge in [-0.05, 0) is 18.9 Å². The van der Waals surface area contributed by atoms with E-state index in [2.05, 4.69) is 25.6 Å². The van der Waals surface area contributed by atoms with E-state index in [0.29, 0.717) is 18.6 Å². The molecule has 0 aromatic carbocycles. The number of nitrogens with zero attached hydrogens (tertiary/aromatic N) is 1. The number of amides is 2. The van der Waals surface area contributed by atoms with Crippen LogP contribution >= 0.6 is 0 Å². The first-order valence-corrected chi connectivity index (χ1v) is 8.50. The molecular formula is C17H27N3O6. The number of rotatable bonds is 12. The van der Waals surface area contributed by atoms with Crippen LogP contribution < -0.4 is 20.4 Å². The maximum absolute atomic E-state index is 11.9. The van der Waals surface area contributed by atoms with Crippen LogP contribution in [0.5, 0.6) is 11.6 Å². The Morgan fingerprint density at radius 2 is 1.50 bits per heavy atom. The minimum atomic E-state index is -0.709. The van der Waals surface area contributed by atoms with Gasteiger partial charge in [0.15, 0.2) is 12.2 Å². The Labute approximate surface area is 153 Å². The Morgan fingerprint density at radius 3 is 1.92 bits per heavy atom. The highest BCUT2D eigenvalue weighted by Crippen LogP contribution is 2.18. The Balaban J connectivity index is 2.73. The Kier molecular flexibility index (Phi) is 10.0. The molecule has 0 aliphatic carbocycles. The number of carbonyl (C=O) groups is 2. The molecule has 0 saturated carbocycles. The van der Waals surface area contributed by atoms with Crippen LogP contribution in [0.25, 0.3) is 0 Å². The van der Waals surface area contributed by atoms with Gasteiger partial charge in [0.1, 0.15) is 5.75 Å². The summed E-state index contributed by atoms with van der Waals surface area (Å²) < 4.78 is 11.3. The number of aromatic nitrogens is 1. The maximum atomic E-state index is 11.9. The zero-order valence-corrected chi connectivity index (χ0v) is 15.6. The normalized spacial score (nSPS) is 12.8. The number of ether oxygens (including phenoxy) is 2. The van der Waals surface area contributed by atoms with Crippen LogP contribution in [0.2, 0.25) is 0 Å². The van der Waals surface area contributed by atoms with E-state index < -0.39 is 12.2 Å². The van der Waals surface area contributed by atoms with Crippen LogP contribution in [0.1, 0.15) is 39.5 Å². The zero-order chi connectivity index (χ0) is 19.4. The molecule has 2 unspecified atom stereocenters. The van der Waals surface area contributed by atoms with E-state index in [0.717, 1.165) is 12.8 Å². The molecule has 26 heavy (non-hydrogen) atoms. The lowest BCUT2D eigenvalue weighted by Crippen LogP contribution is -2.38. The Morgan fingerprint density at radius 1 is 0.962 bits per heavy atom. The summed E-state index contributed by atoms with van der Waals surface area (Å²) in [5.41, 5.74) is 4.52. The third-order valence-electron chi connectivity index (χ3n) is 3.34. The largest absolute Gasteiger partial charge is 0.479 e. The summed E-state index contributed by atoms with van der Waals surface area (Å²) in [4.78, 5) is 37.2. The molecule has 1 aromatic heterocycles. The average molecular weight is 369 g/mol. The smallest absolute Gasteiger partial charge is 0.284 e. The molecule has 2 amide bonds. The average Bonchev–Trinajstić information content (AvgIpc) is 2.63. The third kappa shape index (κ3) is 7.24. The minimum absolute atomic E-state index is 0.274. The van der Waals surface area contributed by atoms with Crippen LogP contribution in [0, 0.1) is 0 Å². The van der Waals surface area contributed by atoms with Gasteiger partial charge in [0.25, 0.3) is 11.8 Å². The summed E-state index contributed by atoms with van der Waals surface area (Å²) in [6.07, 6.45) is 2.62. The predicted octanol–water partition coefficient (Wildman–Crippen LogP) is 1.53. The fraction of sp³-hybridized carbons (Fsp3) is 0.588. The molecule has 0 saturated heterocycles. The molecule has 0 spiro atoms. The molecule has 1 rings (SSSR count). The lowest BCUT2D eigenvalue weighted by molar-refractivity contribution is -0.139. The van der Waals surface area contributed by atoms with E-state index in [4.69, 9.17) is 9.47 Å². The van der Waals surface area contributed by atoms with Crippen LogP contribution in [0.3, 0.4) is 0 Å². The lowest BCUT2D eigenvalue weighted by atomic mass is 10.2. The highest BCUT2D eigenvalue weighted by atomic mass is 16.6. The first-order valence-electron chi connectivity index (χ1n) is 8.50. The van der Waals surface area contributed by atoms with Crippen LogP contribution in [0.4, 0.5) is 0 Å². The van der Waals surface area contributed by atoms with Crippen molar-refractivity contribution in [2.24, 2.45) is 0 Å². The van der Waals surface area contributed by atoms with Gasteiger partial charge < -0.3 is 9.47 Å². The van der Waals surface area contributed by atoms with Crippen LogP contribution in [0.15, 0.2) is 18.3 Å². The van der Waals surface area contributed by atoms with Crippen LogP contribution in [-0.2, 0) is 19.3 Å². The first kappa shape index (κ1) is 21.7. The maximum Gasteiger partial charge on any atom is 0.284 e. The van der Waals surface area contributed by atoms with Crippen molar-refractivity contribution in [3.05, 3.63) is 18.3 Å². The Bertz CT molecular complexity index is 503. The topological polar surface area (TPSA) is 108 Å². The molecule has 0 bridgehead atoms. The summed E-state index contributed by atoms with van der Waals surface area (Å²) in [6.45, 7) is 3.89. The molecule has 0 aliphatic rings. The molecule has 0 radical (unpaired) electrons. The van der Waals surface area contributed by atoms with Gasteiger partial charge in [0.2, 0.25) is 5.88 Å². The lowest BCUT2D eigenvalue weighted by Gasteiger charge is -2.18. The first-order chi connectivity index (χ1) is 12.5. The summed E-state index contributed by atoms with van der Waals surface area (Å²) in [7, 11) is 2.72. The van der Waals surface area contributed by atoms with Crippen molar-refractivity contribution in [2.75, 3.05) is 14.2 Å². The van der Waals surface area contributed by atoms with Gasteiger partial charge in [0.05, 0.1) is 20.4 Å². The molecular weight excluding hydrogens is 342 g/mol. The van der Waals surface area contributed by atoms with Gasteiger partial charge in [-0.1, -0.05) is 26.7 Å². The Hall–Kier alpha value is -2.39. The van der Waals surface area contributed by atoms with E-state index in [1.54, 1.807) is 12.1 Å². The number of hydroxylamine groups is 2. The fourth-order valence-corrected chi connectivity index (χ4v) is 2.16. The summed E-state index contributed by atoms with van der Waals surface area (Å²) in [6, 6.07) is 3.21.